The third-order valence-corrected chi connectivity index (χ3v) is 7.25. The van der Waals surface area contributed by atoms with E-state index in [-0.39, 0.29) is 0 Å². The average molecular weight is 509 g/mol. The molecule has 6 aromatic rings. The Morgan fingerprint density at radius 1 is 0.300 bits per heavy atom. The second-order valence-electron chi connectivity index (χ2n) is 9.63. The lowest BCUT2D eigenvalue weighted by atomic mass is 9.94. The summed E-state index contributed by atoms with van der Waals surface area (Å²) in [6.07, 6.45) is 0. The SMILES string of the molecule is N#Cc1cccc(-c2ccc(-c3ccc(-c4ccc(-c5ccc(-c6ccccc6)cc5)cc4)cc3)cc2)c1C#N. The van der Waals surface area contributed by atoms with Gasteiger partial charge in [-0.2, -0.15) is 10.5 Å². The Balaban J connectivity index is 1.18. The van der Waals surface area contributed by atoms with Crippen molar-refractivity contribution in [3.63, 3.8) is 0 Å². The molecule has 0 heterocycles. The van der Waals surface area contributed by atoms with E-state index in [2.05, 4.69) is 121 Å². The molecule has 0 saturated carbocycles. The van der Waals surface area contributed by atoms with Crippen molar-refractivity contribution in [3.8, 4) is 67.8 Å². The zero-order valence-electron chi connectivity index (χ0n) is 21.8. The minimum atomic E-state index is 0.397. The van der Waals surface area contributed by atoms with Crippen LogP contribution in [0.4, 0.5) is 0 Å². The molecule has 0 atom stereocenters. The van der Waals surface area contributed by atoms with Gasteiger partial charge in [0.25, 0.3) is 0 Å². The molecule has 0 aromatic heterocycles. The molecule has 0 spiro atoms. The molecule has 0 unspecified atom stereocenters. The molecule has 186 valence electrons. The predicted molar refractivity (Wildman–Crippen MR) is 163 cm³/mol. The van der Waals surface area contributed by atoms with E-state index in [1.807, 2.05) is 30.3 Å². The van der Waals surface area contributed by atoms with Crippen LogP contribution in [0.5, 0.6) is 0 Å². The van der Waals surface area contributed by atoms with Crippen LogP contribution in [0.1, 0.15) is 11.1 Å². The molecule has 0 amide bonds. The summed E-state index contributed by atoms with van der Waals surface area (Å²) in [6.45, 7) is 0. The molecule has 0 aliphatic rings. The predicted octanol–water partition coefficient (Wildman–Crippen LogP) is 9.76. The lowest BCUT2D eigenvalue weighted by Crippen LogP contribution is -1.89. The first-order chi connectivity index (χ1) is 19.7. The van der Waals surface area contributed by atoms with Gasteiger partial charge in [0.2, 0.25) is 0 Å². The molecular formula is C38H24N2. The molecule has 2 nitrogen and oxygen atoms in total. The standard InChI is InChI=1S/C38H24N2/c39-25-36-7-4-8-37(38(36)26-40)35-23-21-34(22-24-35)33-19-17-32(18-20-33)31-15-13-30(14-16-31)29-11-9-28(10-12-29)27-5-2-1-3-6-27/h1-24H. The lowest BCUT2D eigenvalue weighted by molar-refractivity contribution is 1.43. The fourth-order valence-electron chi connectivity index (χ4n) is 5.04. The summed E-state index contributed by atoms with van der Waals surface area (Å²) in [5, 5.41) is 18.9. The van der Waals surface area contributed by atoms with E-state index < -0.39 is 0 Å². The maximum atomic E-state index is 9.57. The van der Waals surface area contributed by atoms with Crippen LogP contribution in [0.25, 0.3) is 55.6 Å². The third kappa shape index (κ3) is 4.91. The molecule has 0 radical (unpaired) electrons. The van der Waals surface area contributed by atoms with Gasteiger partial charge in [0, 0.05) is 5.56 Å². The number of nitrogens with zero attached hydrogens (tertiary/aromatic N) is 2. The van der Waals surface area contributed by atoms with E-state index in [4.69, 9.17) is 0 Å². The van der Waals surface area contributed by atoms with Gasteiger partial charge >= 0.3 is 0 Å². The monoisotopic (exact) mass is 508 g/mol. The topological polar surface area (TPSA) is 47.6 Å². The van der Waals surface area contributed by atoms with Gasteiger partial charge in [-0.15, -0.1) is 0 Å². The first-order valence-electron chi connectivity index (χ1n) is 13.1. The van der Waals surface area contributed by atoms with E-state index in [0.717, 1.165) is 22.3 Å². The van der Waals surface area contributed by atoms with Crippen molar-refractivity contribution < 1.29 is 0 Å². The highest BCUT2D eigenvalue weighted by Gasteiger charge is 2.10. The minimum Gasteiger partial charge on any atom is -0.192 e. The smallest absolute Gasteiger partial charge is 0.101 e. The number of rotatable bonds is 5. The second kappa shape index (κ2) is 11.0. The number of nitriles is 2. The lowest BCUT2D eigenvalue weighted by Gasteiger charge is -2.09. The first-order valence-corrected chi connectivity index (χ1v) is 13.1. The van der Waals surface area contributed by atoms with Gasteiger partial charge < -0.3 is 0 Å². The highest BCUT2D eigenvalue weighted by atomic mass is 14.3. The van der Waals surface area contributed by atoms with Gasteiger partial charge in [0.05, 0.1) is 11.1 Å². The van der Waals surface area contributed by atoms with Crippen molar-refractivity contribution in [2.75, 3.05) is 0 Å². The molecule has 0 saturated heterocycles. The third-order valence-electron chi connectivity index (χ3n) is 7.25. The van der Waals surface area contributed by atoms with Gasteiger partial charge in [-0.05, 0) is 56.1 Å². The molecule has 6 aromatic carbocycles. The van der Waals surface area contributed by atoms with Crippen molar-refractivity contribution in [2.45, 2.75) is 0 Å². The summed E-state index contributed by atoms with van der Waals surface area (Å²) < 4.78 is 0. The van der Waals surface area contributed by atoms with E-state index >= 15 is 0 Å². The summed E-state index contributed by atoms with van der Waals surface area (Å²) in [5.41, 5.74) is 11.9. The fraction of sp³-hybridized carbons (Fsp3) is 0. The van der Waals surface area contributed by atoms with Crippen LogP contribution in [0, 0.1) is 22.7 Å². The number of hydrogen-bond donors (Lipinski definition) is 0. The maximum Gasteiger partial charge on any atom is 0.101 e. The summed E-state index contributed by atoms with van der Waals surface area (Å²) in [6, 6.07) is 54.2. The maximum absolute atomic E-state index is 9.57. The van der Waals surface area contributed by atoms with Crippen molar-refractivity contribution in [1.82, 2.24) is 0 Å². The van der Waals surface area contributed by atoms with Gasteiger partial charge in [-0.25, -0.2) is 0 Å². The quantitative estimate of drug-likeness (QED) is 0.233. The van der Waals surface area contributed by atoms with Crippen LogP contribution in [-0.2, 0) is 0 Å². The van der Waals surface area contributed by atoms with Gasteiger partial charge in [-0.3, -0.25) is 0 Å². The molecule has 2 heteroatoms. The van der Waals surface area contributed by atoms with Crippen molar-refractivity contribution >= 4 is 0 Å². The van der Waals surface area contributed by atoms with Gasteiger partial charge in [-0.1, -0.05) is 140 Å². The molecule has 40 heavy (non-hydrogen) atoms. The summed E-state index contributed by atoms with van der Waals surface area (Å²) in [4.78, 5) is 0. The number of benzene rings is 6. The highest BCUT2D eigenvalue weighted by molar-refractivity contribution is 5.78. The molecular weight excluding hydrogens is 484 g/mol. The van der Waals surface area contributed by atoms with Crippen LogP contribution in [0.15, 0.2) is 146 Å². The largest absolute Gasteiger partial charge is 0.192 e. The van der Waals surface area contributed by atoms with E-state index in [1.165, 1.54) is 33.4 Å². The average Bonchev–Trinajstić information content (AvgIpc) is 3.05. The van der Waals surface area contributed by atoms with Gasteiger partial charge in [0.15, 0.2) is 0 Å². The normalized spacial score (nSPS) is 10.4. The Morgan fingerprint density at radius 3 is 1.00 bits per heavy atom. The molecule has 6 rings (SSSR count). The molecule has 0 aliphatic carbocycles. The zero-order chi connectivity index (χ0) is 27.3. The van der Waals surface area contributed by atoms with Crippen molar-refractivity contribution in [1.29, 1.82) is 10.5 Å². The Labute approximate surface area is 234 Å². The molecule has 0 fully saturated rings. The summed E-state index contributed by atoms with van der Waals surface area (Å²) in [7, 11) is 0. The first kappa shape index (κ1) is 24.6. The van der Waals surface area contributed by atoms with Gasteiger partial charge in [0.1, 0.15) is 12.1 Å². The Hall–Kier alpha value is -5.70. The molecule has 0 aliphatic heterocycles. The van der Waals surface area contributed by atoms with E-state index in [0.29, 0.717) is 11.1 Å². The summed E-state index contributed by atoms with van der Waals surface area (Å²) in [5.74, 6) is 0. The fourth-order valence-corrected chi connectivity index (χ4v) is 5.04. The highest BCUT2D eigenvalue weighted by Crippen LogP contribution is 2.31. The Bertz CT molecular complexity index is 1850. The van der Waals surface area contributed by atoms with Crippen LogP contribution in [0.3, 0.4) is 0 Å². The zero-order valence-corrected chi connectivity index (χ0v) is 21.8. The van der Waals surface area contributed by atoms with Crippen LogP contribution >= 0.6 is 0 Å². The Kier molecular flexibility index (Phi) is 6.75. The second-order valence-corrected chi connectivity index (χ2v) is 9.63. The molecule has 0 bridgehead atoms. The van der Waals surface area contributed by atoms with Crippen LogP contribution in [-0.4, -0.2) is 0 Å². The Morgan fingerprint density at radius 2 is 0.650 bits per heavy atom. The number of hydrogen-bond acceptors (Lipinski definition) is 2. The van der Waals surface area contributed by atoms with Crippen molar-refractivity contribution in [2.24, 2.45) is 0 Å². The van der Waals surface area contributed by atoms with Crippen LogP contribution < -0.4 is 0 Å². The van der Waals surface area contributed by atoms with Crippen LogP contribution in [0.2, 0.25) is 0 Å². The molecule has 0 N–H and O–H groups in total. The van der Waals surface area contributed by atoms with Crippen molar-refractivity contribution in [3.05, 3.63) is 157 Å². The minimum absolute atomic E-state index is 0.397. The summed E-state index contributed by atoms with van der Waals surface area (Å²) >= 11 is 0. The van der Waals surface area contributed by atoms with E-state index in [9.17, 15) is 10.5 Å². The van der Waals surface area contributed by atoms with E-state index in [1.54, 1.807) is 6.07 Å².